The van der Waals surface area contributed by atoms with Crippen molar-refractivity contribution in [3.05, 3.63) is 0 Å². The van der Waals surface area contributed by atoms with Crippen LogP contribution < -0.4 is 5.32 Å². The van der Waals surface area contributed by atoms with Gasteiger partial charge in [-0.2, -0.15) is 0 Å². The van der Waals surface area contributed by atoms with Crippen molar-refractivity contribution in [3.63, 3.8) is 0 Å². The molecule has 0 radical (unpaired) electrons. The van der Waals surface area contributed by atoms with Crippen LogP contribution in [0.2, 0.25) is 0 Å². The first-order valence-corrected chi connectivity index (χ1v) is 6.28. The quantitative estimate of drug-likeness (QED) is 0.602. The molecule has 1 heterocycles. The van der Waals surface area contributed by atoms with E-state index in [4.69, 9.17) is 14.2 Å². The Morgan fingerprint density at radius 2 is 1.81 bits per heavy atom. The van der Waals surface area contributed by atoms with Crippen LogP contribution in [-0.2, 0) is 14.2 Å². The second-order valence-electron chi connectivity index (χ2n) is 4.22. The second-order valence-corrected chi connectivity index (χ2v) is 4.22. The normalized spacial score (nSPS) is 21.2. The van der Waals surface area contributed by atoms with Crippen LogP contribution >= 0.6 is 0 Å². The van der Waals surface area contributed by atoms with Crippen LogP contribution in [0.4, 0.5) is 0 Å². The van der Waals surface area contributed by atoms with Gasteiger partial charge >= 0.3 is 0 Å². The Morgan fingerprint density at radius 3 is 2.50 bits per heavy atom. The van der Waals surface area contributed by atoms with Gasteiger partial charge in [0.2, 0.25) is 0 Å². The second kappa shape index (κ2) is 10.0. The highest BCUT2D eigenvalue weighted by Gasteiger charge is 2.11. The summed E-state index contributed by atoms with van der Waals surface area (Å²) in [7, 11) is 1.68. The van der Waals surface area contributed by atoms with E-state index in [0.29, 0.717) is 26.4 Å². The van der Waals surface area contributed by atoms with Gasteiger partial charge in [-0.3, -0.25) is 0 Å². The summed E-state index contributed by atoms with van der Waals surface area (Å²) < 4.78 is 15.7. The lowest BCUT2D eigenvalue weighted by atomic mass is 9.97. The fourth-order valence-electron chi connectivity index (χ4n) is 1.88. The Morgan fingerprint density at radius 1 is 1.06 bits per heavy atom. The molecule has 1 aliphatic rings. The zero-order valence-electron chi connectivity index (χ0n) is 10.4. The van der Waals surface area contributed by atoms with Crippen molar-refractivity contribution in [1.82, 2.24) is 5.32 Å². The zero-order valence-corrected chi connectivity index (χ0v) is 10.4. The number of ether oxygens (including phenoxy) is 3. The number of methoxy groups -OCH3 is 1. The Bertz CT molecular complexity index is 149. The van der Waals surface area contributed by atoms with Crippen LogP contribution in [0.25, 0.3) is 0 Å². The van der Waals surface area contributed by atoms with Crippen LogP contribution in [0.1, 0.15) is 19.3 Å². The van der Waals surface area contributed by atoms with E-state index in [0.717, 1.165) is 19.1 Å². The van der Waals surface area contributed by atoms with Gasteiger partial charge in [0, 0.05) is 13.7 Å². The molecule has 1 saturated heterocycles. The lowest BCUT2D eigenvalue weighted by Crippen LogP contribution is -2.30. The van der Waals surface area contributed by atoms with E-state index in [1.165, 1.54) is 25.8 Å². The van der Waals surface area contributed by atoms with Gasteiger partial charge in [0.15, 0.2) is 0 Å². The number of hydrogen-bond acceptors (Lipinski definition) is 4. The summed E-state index contributed by atoms with van der Waals surface area (Å²) in [5.41, 5.74) is 0. The molecule has 1 N–H and O–H groups in total. The molecule has 0 saturated carbocycles. The lowest BCUT2D eigenvalue weighted by molar-refractivity contribution is 0.0212. The first-order chi connectivity index (χ1) is 7.93. The first kappa shape index (κ1) is 13.9. The van der Waals surface area contributed by atoms with E-state index in [1.807, 2.05) is 0 Å². The maximum absolute atomic E-state index is 5.52. The van der Waals surface area contributed by atoms with Gasteiger partial charge < -0.3 is 19.5 Å². The third-order valence-electron chi connectivity index (χ3n) is 2.87. The van der Waals surface area contributed by atoms with Crippen molar-refractivity contribution >= 4 is 0 Å². The Labute approximate surface area is 98.6 Å². The Kier molecular flexibility index (Phi) is 8.71. The highest BCUT2D eigenvalue weighted by molar-refractivity contribution is 4.68. The van der Waals surface area contributed by atoms with Crippen molar-refractivity contribution < 1.29 is 14.2 Å². The molecule has 4 heteroatoms. The van der Waals surface area contributed by atoms with E-state index in [-0.39, 0.29) is 0 Å². The fourth-order valence-corrected chi connectivity index (χ4v) is 1.88. The summed E-state index contributed by atoms with van der Waals surface area (Å²) in [5.74, 6) is 0.808. The molecule has 0 amide bonds. The van der Waals surface area contributed by atoms with E-state index < -0.39 is 0 Å². The predicted octanol–water partition coefficient (Wildman–Crippen LogP) is 1.06. The van der Waals surface area contributed by atoms with Crippen LogP contribution in [0.3, 0.4) is 0 Å². The van der Waals surface area contributed by atoms with Crippen molar-refractivity contribution in [2.24, 2.45) is 5.92 Å². The molecular weight excluding hydrogens is 206 g/mol. The third kappa shape index (κ3) is 7.17. The molecule has 1 aliphatic heterocycles. The number of hydrogen-bond donors (Lipinski definition) is 1. The van der Waals surface area contributed by atoms with Gasteiger partial charge in [0.1, 0.15) is 0 Å². The molecule has 0 bridgehead atoms. The highest BCUT2D eigenvalue weighted by atomic mass is 16.5. The maximum atomic E-state index is 5.52. The van der Waals surface area contributed by atoms with Crippen LogP contribution in [0, 0.1) is 5.92 Å². The molecule has 16 heavy (non-hydrogen) atoms. The van der Waals surface area contributed by atoms with Crippen molar-refractivity contribution in [2.45, 2.75) is 19.3 Å². The maximum Gasteiger partial charge on any atom is 0.0701 e. The Balaban J connectivity index is 1.77. The van der Waals surface area contributed by atoms with Crippen molar-refractivity contribution in [3.8, 4) is 0 Å². The summed E-state index contributed by atoms with van der Waals surface area (Å²) in [6.45, 7) is 5.90. The molecule has 0 unspecified atom stereocenters. The van der Waals surface area contributed by atoms with Gasteiger partial charge in [-0.15, -0.1) is 0 Å². The number of nitrogens with one attached hydrogen (secondary N) is 1. The number of piperidine rings is 1. The highest BCUT2D eigenvalue weighted by Crippen LogP contribution is 2.13. The summed E-state index contributed by atoms with van der Waals surface area (Å²) in [5, 5.41) is 3.42. The Hall–Kier alpha value is -0.160. The minimum Gasteiger partial charge on any atom is -0.382 e. The standard InChI is InChI=1S/C12H25NO3/c1-14-7-8-16-10-9-15-6-4-12-3-2-5-13-11-12/h12-13H,2-11H2,1H3/t12-/m0/s1. The fraction of sp³-hybridized carbons (Fsp3) is 1.00. The monoisotopic (exact) mass is 231 g/mol. The van der Waals surface area contributed by atoms with E-state index in [1.54, 1.807) is 7.11 Å². The van der Waals surface area contributed by atoms with E-state index in [9.17, 15) is 0 Å². The minimum atomic E-state index is 0.659. The predicted molar refractivity (Wildman–Crippen MR) is 63.7 cm³/mol. The molecule has 0 aromatic heterocycles. The average molecular weight is 231 g/mol. The summed E-state index contributed by atoms with van der Waals surface area (Å²) in [4.78, 5) is 0. The first-order valence-electron chi connectivity index (χ1n) is 6.28. The molecule has 1 fully saturated rings. The largest absolute Gasteiger partial charge is 0.382 e. The van der Waals surface area contributed by atoms with Gasteiger partial charge in [0.05, 0.1) is 26.4 Å². The molecule has 0 spiro atoms. The van der Waals surface area contributed by atoms with Crippen LogP contribution in [-0.4, -0.2) is 53.2 Å². The van der Waals surface area contributed by atoms with Gasteiger partial charge in [-0.1, -0.05) is 0 Å². The van der Waals surface area contributed by atoms with Gasteiger partial charge in [0.25, 0.3) is 0 Å². The average Bonchev–Trinajstić information content (AvgIpc) is 2.34. The molecule has 1 atom stereocenters. The van der Waals surface area contributed by atoms with Gasteiger partial charge in [-0.25, -0.2) is 0 Å². The van der Waals surface area contributed by atoms with E-state index in [2.05, 4.69) is 5.32 Å². The zero-order chi connectivity index (χ0) is 11.5. The van der Waals surface area contributed by atoms with Crippen LogP contribution in [0.15, 0.2) is 0 Å². The minimum absolute atomic E-state index is 0.659. The molecule has 0 aromatic rings. The van der Waals surface area contributed by atoms with Gasteiger partial charge in [-0.05, 0) is 38.3 Å². The number of rotatable bonds is 9. The summed E-state index contributed by atoms with van der Waals surface area (Å²) in [6, 6.07) is 0. The lowest BCUT2D eigenvalue weighted by Gasteiger charge is -2.22. The molecule has 96 valence electrons. The topological polar surface area (TPSA) is 39.7 Å². The summed E-state index contributed by atoms with van der Waals surface area (Å²) in [6.07, 6.45) is 3.83. The summed E-state index contributed by atoms with van der Waals surface area (Å²) >= 11 is 0. The molecule has 1 rings (SSSR count). The third-order valence-corrected chi connectivity index (χ3v) is 2.87. The van der Waals surface area contributed by atoms with Crippen LogP contribution in [0.5, 0.6) is 0 Å². The molecular formula is C12H25NO3. The SMILES string of the molecule is COCCOCCOCC[C@@H]1CCCNC1. The molecule has 0 aliphatic carbocycles. The molecule has 4 nitrogen and oxygen atoms in total. The van der Waals surface area contributed by atoms with Crippen molar-refractivity contribution in [1.29, 1.82) is 0 Å². The molecule has 0 aromatic carbocycles. The van der Waals surface area contributed by atoms with Crippen molar-refractivity contribution in [2.75, 3.05) is 53.2 Å². The van der Waals surface area contributed by atoms with E-state index >= 15 is 0 Å². The smallest absolute Gasteiger partial charge is 0.0701 e.